The number of halogens is 3. The van der Waals surface area contributed by atoms with Crippen LogP contribution in [0.3, 0.4) is 0 Å². The number of carbonyl (C=O) groups excluding carboxylic acids is 1. The smallest absolute Gasteiger partial charge is 0.365 e. The average Bonchev–Trinajstić information content (AvgIpc) is 3.24. The Labute approximate surface area is 163 Å². The number of nitrogens with zero attached hydrogens (tertiary/aromatic N) is 3. The van der Waals surface area contributed by atoms with Gasteiger partial charge in [-0.1, -0.05) is 5.18 Å². The molecule has 1 amide bonds. The minimum absolute atomic E-state index is 0.0105. The lowest BCUT2D eigenvalue weighted by Gasteiger charge is -2.43. The van der Waals surface area contributed by atoms with Crippen LogP contribution in [0.15, 0.2) is 23.4 Å². The molecule has 4 aliphatic rings. The zero-order valence-electron chi connectivity index (χ0n) is 15.3. The number of carbonyl (C=O) groups is 1. The number of hydrogen-bond donors (Lipinski definition) is 0. The number of nitroso groups, excluding NO2 is 1. The number of amides is 1. The number of fused-ring (bicyclic) bond motifs is 2. The number of nitriles is 1. The second-order valence-corrected chi connectivity index (χ2v) is 8.26. The van der Waals surface area contributed by atoms with E-state index in [1.54, 1.807) is 6.92 Å². The van der Waals surface area contributed by atoms with Crippen LogP contribution in [0.5, 0.6) is 0 Å². The Bertz CT molecular complexity index is 976. The van der Waals surface area contributed by atoms with E-state index in [2.05, 4.69) is 5.18 Å². The Kier molecular flexibility index (Phi) is 3.54. The third-order valence-electron chi connectivity index (χ3n) is 6.85. The van der Waals surface area contributed by atoms with Crippen LogP contribution < -0.4 is 4.90 Å². The minimum atomic E-state index is -4.74. The van der Waals surface area contributed by atoms with Gasteiger partial charge in [0.2, 0.25) is 5.91 Å². The lowest BCUT2D eigenvalue weighted by atomic mass is 9.64. The number of hydrogen-bond acceptors (Lipinski definition) is 6. The standard InChI is InChI=1S/C19H16F3N3O4/c1-17-7-12(24-27)18(29-17)4-5-28-16-14(18)13(17)15(26)25(16)10-3-2-9(8-23)11(6-10)19(20,21)22/h2-3,6,12-14,16H,4-5,7H2,1H3/t12?,13-,14+,16+,17-,18+/m1/s1. The minimum Gasteiger partial charge on any atom is -0.365 e. The van der Waals surface area contributed by atoms with E-state index in [0.29, 0.717) is 12.8 Å². The summed E-state index contributed by atoms with van der Waals surface area (Å²) in [4.78, 5) is 26.0. The van der Waals surface area contributed by atoms with Crippen molar-refractivity contribution in [2.24, 2.45) is 17.0 Å². The van der Waals surface area contributed by atoms with Gasteiger partial charge < -0.3 is 9.47 Å². The van der Waals surface area contributed by atoms with E-state index >= 15 is 0 Å². The van der Waals surface area contributed by atoms with E-state index in [4.69, 9.17) is 14.7 Å². The predicted molar refractivity (Wildman–Crippen MR) is 91.4 cm³/mol. The van der Waals surface area contributed by atoms with Gasteiger partial charge in [0.15, 0.2) is 0 Å². The zero-order chi connectivity index (χ0) is 20.8. The molecule has 4 aliphatic heterocycles. The highest BCUT2D eigenvalue weighted by Crippen LogP contribution is 2.66. The Morgan fingerprint density at radius 1 is 1.38 bits per heavy atom. The molecule has 4 heterocycles. The highest BCUT2D eigenvalue weighted by atomic mass is 19.4. The molecule has 4 fully saturated rings. The summed E-state index contributed by atoms with van der Waals surface area (Å²) in [5.41, 5.74) is -3.47. The molecule has 0 saturated carbocycles. The van der Waals surface area contributed by atoms with Crippen molar-refractivity contribution < 1.29 is 27.4 Å². The van der Waals surface area contributed by atoms with Gasteiger partial charge in [-0.05, 0) is 25.1 Å². The fourth-order valence-corrected chi connectivity index (χ4v) is 5.82. The molecule has 1 aromatic carbocycles. The molecule has 0 radical (unpaired) electrons. The van der Waals surface area contributed by atoms with Crippen LogP contribution in [0.2, 0.25) is 0 Å². The van der Waals surface area contributed by atoms with Crippen LogP contribution in [0, 0.1) is 28.1 Å². The van der Waals surface area contributed by atoms with Crippen molar-refractivity contribution in [2.45, 2.75) is 49.4 Å². The summed E-state index contributed by atoms with van der Waals surface area (Å²) in [6.07, 6.45) is -4.89. The normalized spacial score (nSPS) is 40.1. The molecule has 4 saturated heterocycles. The monoisotopic (exact) mass is 407 g/mol. The summed E-state index contributed by atoms with van der Waals surface area (Å²) < 4.78 is 52.3. The molecule has 0 aromatic heterocycles. The Hall–Kier alpha value is -2.51. The second kappa shape index (κ2) is 5.55. The highest BCUT2D eigenvalue weighted by molar-refractivity contribution is 6.00. The fraction of sp³-hybridized carbons (Fsp3) is 0.579. The molecule has 2 bridgehead atoms. The third kappa shape index (κ3) is 2.17. The van der Waals surface area contributed by atoms with Crippen LogP contribution in [-0.4, -0.2) is 36.0 Å². The third-order valence-corrected chi connectivity index (χ3v) is 6.85. The molecule has 0 N–H and O–H groups in total. The molecule has 5 rings (SSSR count). The van der Waals surface area contributed by atoms with Crippen molar-refractivity contribution in [2.75, 3.05) is 11.5 Å². The molecule has 1 spiro atoms. The summed E-state index contributed by atoms with van der Waals surface area (Å²) in [5, 5.41) is 12.3. The van der Waals surface area contributed by atoms with Crippen LogP contribution in [-0.2, 0) is 20.4 Å². The van der Waals surface area contributed by atoms with Gasteiger partial charge in [0.1, 0.15) is 17.9 Å². The Balaban J connectivity index is 1.62. The van der Waals surface area contributed by atoms with Gasteiger partial charge in [-0.3, -0.25) is 9.69 Å². The first-order valence-electron chi connectivity index (χ1n) is 9.25. The van der Waals surface area contributed by atoms with Crippen molar-refractivity contribution in [3.63, 3.8) is 0 Å². The van der Waals surface area contributed by atoms with Crippen molar-refractivity contribution in [1.82, 2.24) is 0 Å². The zero-order valence-corrected chi connectivity index (χ0v) is 15.3. The van der Waals surface area contributed by atoms with Gasteiger partial charge in [-0.15, -0.1) is 0 Å². The van der Waals surface area contributed by atoms with Crippen molar-refractivity contribution in [3.05, 3.63) is 34.2 Å². The molecular weight excluding hydrogens is 391 g/mol. The maximum atomic E-state index is 13.4. The van der Waals surface area contributed by atoms with Gasteiger partial charge in [-0.25, -0.2) is 0 Å². The second-order valence-electron chi connectivity index (χ2n) is 8.26. The van der Waals surface area contributed by atoms with Gasteiger partial charge in [0.05, 0.1) is 41.2 Å². The summed E-state index contributed by atoms with van der Waals surface area (Å²) >= 11 is 0. The van der Waals surface area contributed by atoms with Crippen molar-refractivity contribution >= 4 is 11.6 Å². The first-order valence-corrected chi connectivity index (χ1v) is 9.25. The number of ether oxygens (including phenoxy) is 2. The molecule has 152 valence electrons. The maximum absolute atomic E-state index is 13.4. The number of anilines is 1. The molecule has 0 aliphatic carbocycles. The molecule has 29 heavy (non-hydrogen) atoms. The summed E-state index contributed by atoms with van der Waals surface area (Å²) in [7, 11) is 0. The quantitative estimate of drug-likeness (QED) is 0.703. The van der Waals surface area contributed by atoms with Crippen LogP contribution in [0.25, 0.3) is 0 Å². The summed E-state index contributed by atoms with van der Waals surface area (Å²) in [5.74, 6) is -1.51. The highest BCUT2D eigenvalue weighted by Gasteiger charge is 2.78. The van der Waals surface area contributed by atoms with E-state index < -0.39 is 58.5 Å². The maximum Gasteiger partial charge on any atom is 0.417 e. The molecular formula is C19H16F3N3O4. The predicted octanol–water partition coefficient (Wildman–Crippen LogP) is 2.97. The molecule has 1 aromatic rings. The van der Waals surface area contributed by atoms with Crippen LogP contribution in [0.1, 0.15) is 30.9 Å². The van der Waals surface area contributed by atoms with Gasteiger partial charge in [-0.2, -0.15) is 23.3 Å². The first-order chi connectivity index (χ1) is 13.7. The van der Waals surface area contributed by atoms with Gasteiger partial charge in [0, 0.05) is 18.5 Å². The first kappa shape index (κ1) is 18.5. The summed E-state index contributed by atoms with van der Waals surface area (Å²) in [6.45, 7) is 1.95. The van der Waals surface area contributed by atoms with E-state index in [0.717, 1.165) is 12.1 Å². The molecule has 7 nitrogen and oxygen atoms in total. The van der Waals surface area contributed by atoms with E-state index in [-0.39, 0.29) is 12.3 Å². The number of benzene rings is 1. The largest absolute Gasteiger partial charge is 0.417 e. The Morgan fingerprint density at radius 3 is 2.79 bits per heavy atom. The summed E-state index contributed by atoms with van der Waals surface area (Å²) in [6, 6.07) is 4.09. The SMILES string of the molecule is C[C@@]12CC(N=O)[C@]3(CCO[C@H]4[C@@H]3[C@@H]1C(=O)N4c1ccc(C#N)c(C(F)(F)F)c1)O2. The van der Waals surface area contributed by atoms with E-state index in [1.807, 2.05) is 0 Å². The van der Waals surface area contributed by atoms with E-state index in [1.165, 1.54) is 17.0 Å². The molecule has 10 heteroatoms. The van der Waals surface area contributed by atoms with Crippen LogP contribution >= 0.6 is 0 Å². The van der Waals surface area contributed by atoms with E-state index in [9.17, 15) is 22.9 Å². The number of rotatable bonds is 2. The lowest BCUT2D eigenvalue weighted by molar-refractivity contribution is -0.142. The van der Waals surface area contributed by atoms with Gasteiger partial charge in [0.25, 0.3) is 0 Å². The molecule has 6 atom stereocenters. The van der Waals surface area contributed by atoms with Crippen molar-refractivity contribution in [1.29, 1.82) is 5.26 Å². The van der Waals surface area contributed by atoms with Gasteiger partial charge >= 0.3 is 6.18 Å². The van der Waals surface area contributed by atoms with Crippen molar-refractivity contribution in [3.8, 4) is 6.07 Å². The van der Waals surface area contributed by atoms with Crippen LogP contribution in [0.4, 0.5) is 18.9 Å². The fourth-order valence-electron chi connectivity index (χ4n) is 5.82. The number of alkyl halides is 3. The average molecular weight is 407 g/mol. The topological polar surface area (TPSA) is 92.0 Å². The Morgan fingerprint density at radius 2 is 2.14 bits per heavy atom. The molecule has 1 unspecified atom stereocenters. The lowest BCUT2D eigenvalue weighted by Crippen LogP contribution is -2.56.